The molecule has 0 aromatic carbocycles. The SMILES string of the molecule is COC(=O)CC(NC(=O)/C=C(\C)C(F)(F)F)C(C)C. The quantitative estimate of drug-likeness (QED) is 0.621. The molecule has 0 saturated heterocycles. The van der Waals surface area contributed by atoms with Crippen LogP contribution in [0.4, 0.5) is 13.2 Å². The van der Waals surface area contributed by atoms with E-state index in [9.17, 15) is 22.8 Å². The minimum Gasteiger partial charge on any atom is -0.469 e. The second-order valence-electron chi connectivity index (χ2n) is 4.46. The van der Waals surface area contributed by atoms with Gasteiger partial charge in [0.1, 0.15) is 0 Å². The van der Waals surface area contributed by atoms with Gasteiger partial charge in [-0.25, -0.2) is 0 Å². The van der Waals surface area contributed by atoms with Crippen LogP contribution in [-0.4, -0.2) is 31.2 Å². The maximum absolute atomic E-state index is 12.2. The van der Waals surface area contributed by atoms with Crippen LogP contribution in [0.1, 0.15) is 27.2 Å². The number of nitrogens with one attached hydrogen (secondary N) is 1. The minimum atomic E-state index is -4.53. The summed E-state index contributed by atoms with van der Waals surface area (Å²) in [7, 11) is 1.20. The molecule has 1 N–H and O–H groups in total. The third-order valence-electron chi connectivity index (χ3n) is 2.54. The maximum atomic E-state index is 12.2. The molecule has 110 valence electrons. The molecule has 0 heterocycles. The molecule has 19 heavy (non-hydrogen) atoms. The van der Waals surface area contributed by atoms with Gasteiger partial charge in [-0.15, -0.1) is 0 Å². The smallest absolute Gasteiger partial charge is 0.412 e. The number of amides is 1. The monoisotopic (exact) mass is 281 g/mol. The fourth-order valence-corrected chi connectivity index (χ4v) is 1.22. The van der Waals surface area contributed by atoms with Crippen molar-refractivity contribution in [3.63, 3.8) is 0 Å². The Morgan fingerprint density at radius 3 is 2.21 bits per heavy atom. The zero-order chi connectivity index (χ0) is 15.2. The van der Waals surface area contributed by atoms with Gasteiger partial charge in [-0.3, -0.25) is 9.59 Å². The first-order valence-corrected chi connectivity index (χ1v) is 5.70. The standard InChI is InChI=1S/C12H18F3NO3/c1-7(2)9(6-11(18)19-4)16-10(17)5-8(3)12(13,14)15/h5,7,9H,6H2,1-4H3,(H,16,17)/b8-5+. The van der Waals surface area contributed by atoms with Crippen LogP contribution >= 0.6 is 0 Å². The topological polar surface area (TPSA) is 55.4 Å². The fraction of sp³-hybridized carbons (Fsp3) is 0.667. The summed E-state index contributed by atoms with van der Waals surface area (Å²) in [6.45, 7) is 4.30. The zero-order valence-corrected chi connectivity index (χ0v) is 11.3. The highest BCUT2D eigenvalue weighted by Crippen LogP contribution is 2.24. The van der Waals surface area contributed by atoms with Crippen molar-refractivity contribution in [1.29, 1.82) is 0 Å². The van der Waals surface area contributed by atoms with E-state index in [1.165, 1.54) is 7.11 Å². The Kier molecular flexibility index (Phi) is 6.58. The number of ether oxygens (including phenoxy) is 1. The Bertz CT molecular complexity index is 362. The molecular formula is C12H18F3NO3. The van der Waals surface area contributed by atoms with Gasteiger partial charge in [0, 0.05) is 17.7 Å². The molecule has 0 aliphatic heterocycles. The highest BCUT2D eigenvalue weighted by atomic mass is 19.4. The number of esters is 1. The van der Waals surface area contributed by atoms with Gasteiger partial charge in [-0.1, -0.05) is 13.8 Å². The molecule has 0 aromatic heterocycles. The van der Waals surface area contributed by atoms with E-state index in [1.807, 2.05) is 0 Å². The largest absolute Gasteiger partial charge is 0.469 e. The number of hydrogen-bond donors (Lipinski definition) is 1. The number of methoxy groups -OCH3 is 1. The average Bonchev–Trinajstić information content (AvgIpc) is 2.26. The summed E-state index contributed by atoms with van der Waals surface area (Å²) in [4.78, 5) is 22.6. The van der Waals surface area contributed by atoms with Gasteiger partial charge in [0.2, 0.25) is 5.91 Å². The van der Waals surface area contributed by atoms with Crippen LogP contribution in [0.15, 0.2) is 11.6 Å². The summed E-state index contributed by atoms with van der Waals surface area (Å²) >= 11 is 0. The Morgan fingerprint density at radius 1 is 1.32 bits per heavy atom. The molecule has 0 fully saturated rings. The number of carbonyl (C=O) groups excluding carboxylic acids is 2. The van der Waals surface area contributed by atoms with Gasteiger partial charge < -0.3 is 10.1 Å². The highest BCUT2D eigenvalue weighted by molar-refractivity contribution is 5.89. The van der Waals surface area contributed by atoms with Crippen LogP contribution in [0.25, 0.3) is 0 Å². The van der Waals surface area contributed by atoms with E-state index in [0.717, 1.165) is 6.92 Å². The Morgan fingerprint density at radius 2 is 1.84 bits per heavy atom. The Hall–Kier alpha value is -1.53. The van der Waals surface area contributed by atoms with Crippen LogP contribution in [-0.2, 0) is 14.3 Å². The molecule has 1 atom stereocenters. The number of rotatable bonds is 5. The predicted molar refractivity (Wildman–Crippen MR) is 63.2 cm³/mol. The van der Waals surface area contributed by atoms with Crippen LogP contribution in [0.2, 0.25) is 0 Å². The normalized spacial score (nSPS) is 14.2. The second-order valence-corrected chi connectivity index (χ2v) is 4.46. The van der Waals surface area contributed by atoms with Gasteiger partial charge in [0.15, 0.2) is 0 Å². The number of carbonyl (C=O) groups is 2. The Labute approximate surface area is 110 Å². The second kappa shape index (κ2) is 7.16. The maximum Gasteiger partial charge on any atom is 0.412 e. The van der Waals surface area contributed by atoms with E-state index in [-0.39, 0.29) is 12.3 Å². The number of halogens is 3. The zero-order valence-electron chi connectivity index (χ0n) is 11.3. The van der Waals surface area contributed by atoms with E-state index in [0.29, 0.717) is 6.08 Å². The Balaban J connectivity index is 4.70. The lowest BCUT2D eigenvalue weighted by molar-refractivity contribution is -0.141. The summed E-state index contributed by atoms with van der Waals surface area (Å²) < 4.78 is 41.2. The third kappa shape index (κ3) is 6.83. The third-order valence-corrected chi connectivity index (χ3v) is 2.54. The van der Waals surface area contributed by atoms with Crippen molar-refractivity contribution in [3.8, 4) is 0 Å². The lowest BCUT2D eigenvalue weighted by Gasteiger charge is -2.20. The van der Waals surface area contributed by atoms with Crippen molar-refractivity contribution >= 4 is 11.9 Å². The van der Waals surface area contributed by atoms with Crippen LogP contribution < -0.4 is 5.32 Å². The van der Waals surface area contributed by atoms with Crippen LogP contribution in [0.5, 0.6) is 0 Å². The van der Waals surface area contributed by atoms with Crippen LogP contribution in [0, 0.1) is 5.92 Å². The molecule has 4 nitrogen and oxygen atoms in total. The average molecular weight is 281 g/mol. The van der Waals surface area contributed by atoms with Crippen molar-refractivity contribution in [2.75, 3.05) is 7.11 Å². The van der Waals surface area contributed by atoms with Crippen molar-refractivity contribution in [1.82, 2.24) is 5.32 Å². The number of hydrogen-bond acceptors (Lipinski definition) is 3. The first-order valence-electron chi connectivity index (χ1n) is 5.70. The molecular weight excluding hydrogens is 263 g/mol. The summed E-state index contributed by atoms with van der Waals surface area (Å²) in [5, 5.41) is 2.37. The molecule has 0 rings (SSSR count). The molecule has 0 spiro atoms. The molecule has 0 aliphatic carbocycles. The lowest BCUT2D eigenvalue weighted by Crippen LogP contribution is -2.39. The molecule has 1 unspecified atom stereocenters. The molecule has 0 bridgehead atoms. The summed E-state index contributed by atoms with van der Waals surface area (Å²) in [5.74, 6) is -1.52. The molecule has 0 aromatic rings. The van der Waals surface area contributed by atoms with Gasteiger partial charge >= 0.3 is 12.1 Å². The van der Waals surface area contributed by atoms with Gasteiger partial charge in [0.25, 0.3) is 0 Å². The first-order chi connectivity index (χ1) is 8.57. The molecule has 0 saturated carbocycles. The van der Waals surface area contributed by atoms with E-state index >= 15 is 0 Å². The molecule has 7 heteroatoms. The van der Waals surface area contributed by atoms with Gasteiger partial charge in [-0.2, -0.15) is 13.2 Å². The van der Waals surface area contributed by atoms with Crippen molar-refractivity contribution in [2.45, 2.75) is 39.4 Å². The van der Waals surface area contributed by atoms with Crippen molar-refractivity contribution in [2.24, 2.45) is 5.92 Å². The first kappa shape index (κ1) is 17.5. The fourth-order valence-electron chi connectivity index (χ4n) is 1.22. The molecule has 1 amide bonds. The minimum absolute atomic E-state index is 0.0845. The summed E-state index contributed by atoms with van der Waals surface area (Å²) in [6, 6.07) is -0.572. The van der Waals surface area contributed by atoms with Crippen molar-refractivity contribution < 1.29 is 27.5 Å². The molecule has 0 aliphatic rings. The lowest BCUT2D eigenvalue weighted by atomic mass is 10.0. The number of alkyl halides is 3. The van der Waals surface area contributed by atoms with E-state index < -0.39 is 29.7 Å². The number of allylic oxidation sites excluding steroid dienone is 1. The molecule has 0 radical (unpaired) electrons. The van der Waals surface area contributed by atoms with E-state index in [1.54, 1.807) is 13.8 Å². The predicted octanol–water partition coefficient (Wildman–Crippen LogP) is 2.20. The van der Waals surface area contributed by atoms with E-state index in [4.69, 9.17) is 0 Å². The summed E-state index contributed by atoms with van der Waals surface area (Å²) in [5.41, 5.74) is -0.995. The summed E-state index contributed by atoms with van der Waals surface area (Å²) in [6.07, 6.45) is -4.14. The van der Waals surface area contributed by atoms with Gasteiger partial charge in [0.05, 0.1) is 13.5 Å². The van der Waals surface area contributed by atoms with Crippen LogP contribution in [0.3, 0.4) is 0 Å². The van der Waals surface area contributed by atoms with Crippen molar-refractivity contribution in [3.05, 3.63) is 11.6 Å². The highest BCUT2D eigenvalue weighted by Gasteiger charge is 2.31. The van der Waals surface area contributed by atoms with Gasteiger partial charge in [-0.05, 0) is 12.8 Å². The van der Waals surface area contributed by atoms with E-state index in [2.05, 4.69) is 10.1 Å².